The molecule has 10 heteroatoms. The summed E-state index contributed by atoms with van der Waals surface area (Å²) in [6.45, 7) is 3.50. The number of fused-ring (bicyclic) bond motifs is 1. The van der Waals surface area contributed by atoms with E-state index in [2.05, 4.69) is 25.2 Å². The molecule has 0 spiro atoms. The van der Waals surface area contributed by atoms with Crippen LogP contribution in [-0.2, 0) is 11.3 Å². The van der Waals surface area contributed by atoms with Crippen LogP contribution in [0.5, 0.6) is 5.75 Å². The molecule has 0 N–H and O–H groups in total. The molecular formula is C18H16N6O4. The van der Waals surface area contributed by atoms with Gasteiger partial charge in [-0.05, 0) is 32.0 Å². The van der Waals surface area contributed by atoms with Gasteiger partial charge in [0.05, 0.1) is 7.11 Å². The summed E-state index contributed by atoms with van der Waals surface area (Å²) in [4.78, 5) is 24.8. The number of ether oxygens (including phenoxy) is 2. The zero-order chi connectivity index (χ0) is 19.7. The van der Waals surface area contributed by atoms with E-state index in [1.165, 1.54) is 4.52 Å². The topological polar surface area (TPSA) is 118 Å². The van der Waals surface area contributed by atoms with Crippen molar-refractivity contribution in [2.24, 2.45) is 0 Å². The molecular weight excluding hydrogens is 364 g/mol. The standard InChI is InChI=1S/C18H16N6O4/c1-10-7-11(2)24-18(19-10)21-16(22-24)17(25)27-9-14-20-15(23-28-14)12-5-4-6-13(8-12)26-3/h4-8H,9H2,1-3H3. The van der Waals surface area contributed by atoms with Gasteiger partial charge in [0.2, 0.25) is 5.82 Å². The molecule has 0 bridgehead atoms. The van der Waals surface area contributed by atoms with Crippen LogP contribution < -0.4 is 4.74 Å². The summed E-state index contributed by atoms with van der Waals surface area (Å²) in [5.74, 6) is 0.735. The minimum Gasteiger partial charge on any atom is -0.497 e. The van der Waals surface area contributed by atoms with Crippen LogP contribution in [0.3, 0.4) is 0 Å². The quantitative estimate of drug-likeness (QED) is 0.480. The molecule has 4 rings (SSSR count). The van der Waals surface area contributed by atoms with Crippen molar-refractivity contribution in [3.05, 3.63) is 53.4 Å². The number of aryl methyl sites for hydroxylation is 2. The molecule has 3 heterocycles. The molecule has 3 aromatic heterocycles. The van der Waals surface area contributed by atoms with E-state index in [1.54, 1.807) is 13.2 Å². The SMILES string of the molecule is COc1cccc(-c2noc(COC(=O)c3nc4nc(C)cc(C)n4n3)n2)c1. The summed E-state index contributed by atoms with van der Waals surface area (Å²) in [6.07, 6.45) is 0. The molecule has 142 valence electrons. The Hall–Kier alpha value is -3.82. The van der Waals surface area contributed by atoms with Gasteiger partial charge >= 0.3 is 5.97 Å². The predicted molar refractivity (Wildman–Crippen MR) is 95.7 cm³/mol. The minimum absolute atomic E-state index is 0.0891. The normalized spacial score (nSPS) is 11.0. The Bertz CT molecular complexity index is 1170. The van der Waals surface area contributed by atoms with Crippen LogP contribution >= 0.6 is 0 Å². The summed E-state index contributed by atoms with van der Waals surface area (Å²) in [7, 11) is 1.58. The molecule has 0 aliphatic heterocycles. The Morgan fingerprint density at radius 2 is 2.04 bits per heavy atom. The summed E-state index contributed by atoms with van der Waals surface area (Å²) in [5.41, 5.74) is 2.32. The zero-order valence-corrected chi connectivity index (χ0v) is 15.4. The summed E-state index contributed by atoms with van der Waals surface area (Å²) in [5, 5.41) is 8.02. The van der Waals surface area contributed by atoms with E-state index >= 15 is 0 Å². The first-order valence-electron chi connectivity index (χ1n) is 8.38. The van der Waals surface area contributed by atoms with Crippen LogP contribution in [0.25, 0.3) is 17.2 Å². The molecule has 0 saturated carbocycles. The molecule has 0 aliphatic carbocycles. The van der Waals surface area contributed by atoms with Crippen LogP contribution in [0.15, 0.2) is 34.9 Å². The van der Waals surface area contributed by atoms with Crippen molar-refractivity contribution in [2.75, 3.05) is 7.11 Å². The van der Waals surface area contributed by atoms with Crippen LogP contribution in [0.2, 0.25) is 0 Å². The second-order valence-electron chi connectivity index (χ2n) is 6.01. The lowest BCUT2D eigenvalue weighted by Gasteiger charge is -2.00. The number of rotatable bonds is 5. The van der Waals surface area contributed by atoms with Gasteiger partial charge in [0.25, 0.3) is 17.5 Å². The van der Waals surface area contributed by atoms with Crippen LogP contribution in [-0.4, -0.2) is 42.8 Å². The fourth-order valence-electron chi connectivity index (χ4n) is 2.64. The maximum absolute atomic E-state index is 12.2. The summed E-state index contributed by atoms with van der Waals surface area (Å²) < 4.78 is 17.0. The van der Waals surface area contributed by atoms with E-state index in [4.69, 9.17) is 14.0 Å². The number of aromatic nitrogens is 6. The van der Waals surface area contributed by atoms with Crippen LogP contribution in [0, 0.1) is 13.8 Å². The molecule has 1 aromatic carbocycles. The average molecular weight is 380 g/mol. The monoisotopic (exact) mass is 380 g/mol. The van der Waals surface area contributed by atoms with Crippen molar-refractivity contribution in [3.63, 3.8) is 0 Å². The number of nitrogens with zero attached hydrogens (tertiary/aromatic N) is 6. The predicted octanol–water partition coefficient (Wildman–Crippen LogP) is 2.16. The molecule has 0 radical (unpaired) electrons. The lowest BCUT2D eigenvalue weighted by atomic mass is 10.2. The molecule has 0 aliphatic rings. The number of benzene rings is 1. The lowest BCUT2D eigenvalue weighted by molar-refractivity contribution is 0.0415. The van der Waals surface area contributed by atoms with Gasteiger partial charge in [0, 0.05) is 17.0 Å². The van der Waals surface area contributed by atoms with Gasteiger partial charge in [-0.15, -0.1) is 5.10 Å². The highest BCUT2D eigenvalue weighted by Crippen LogP contribution is 2.21. The maximum Gasteiger partial charge on any atom is 0.378 e. The third kappa shape index (κ3) is 3.39. The number of esters is 1. The molecule has 0 amide bonds. The molecule has 10 nitrogen and oxygen atoms in total. The van der Waals surface area contributed by atoms with E-state index in [9.17, 15) is 4.79 Å². The number of carbonyl (C=O) groups excluding carboxylic acids is 1. The van der Waals surface area contributed by atoms with Gasteiger partial charge < -0.3 is 14.0 Å². The van der Waals surface area contributed by atoms with E-state index in [0.717, 1.165) is 17.0 Å². The van der Waals surface area contributed by atoms with Crippen molar-refractivity contribution in [3.8, 4) is 17.1 Å². The highest BCUT2D eigenvalue weighted by atomic mass is 16.6. The van der Waals surface area contributed by atoms with Crippen molar-refractivity contribution in [1.82, 2.24) is 29.7 Å². The molecule has 28 heavy (non-hydrogen) atoms. The number of methoxy groups -OCH3 is 1. The van der Waals surface area contributed by atoms with E-state index in [-0.39, 0.29) is 18.3 Å². The van der Waals surface area contributed by atoms with Gasteiger partial charge in [-0.1, -0.05) is 17.3 Å². The summed E-state index contributed by atoms with van der Waals surface area (Å²) >= 11 is 0. The van der Waals surface area contributed by atoms with Gasteiger partial charge in [-0.3, -0.25) is 0 Å². The van der Waals surface area contributed by atoms with E-state index < -0.39 is 5.97 Å². The Balaban J connectivity index is 1.47. The van der Waals surface area contributed by atoms with E-state index in [1.807, 2.05) is 38.1 Å². The molecule has 0 fully saturated rings. The lowest BCUT2D eigenvalue weighted by Crippen LogP contribution is -2.08. The first-order valence-corrected chi connectivity index (χ1v) is 8.38. The molecule has 4 aromatic rings. The van der Waals surface area contributed by atoms with Crippen molar-refractivity contribution in [2.45, 2.75) is 20.5 Å². The van der Waals surface area contributed by atoms with Gasteiger partial charge in [-0.25, -0.2) is 14.3 Å². The van der Waals surface area contributed by atoms with Crippen molar-refractivity contribution in [1.29, 1.82) is 0 Å². The zero-order valence-electron chi connectivity index (χ0n) is 15.4. The smallest absolute Gasteiger partial charge is 0.378 e. The molecule has 0 saturated heterocycles. The molecule has 0 atom stereocenters. The number of hydrogen-bond donors (Lipinski definition) is 0. The van der Waals surface area contributed by atoms with Crippen LogP contribution in [0.1, 0.15) is 27.9 Å². The highest BCUT2D eigenvalue weighted by Gasteiger charge is 2.18. The fraction of sp³-hybridized carbons (Fsp3) is 0.222. The largest absolute Gasteiger partial charge is 0.497 e. The van der Waals surface area contributed by atoms with E-state index in [0.29, 0.717) is 17.4 Å². The third-order valence-electron chi connectivity index (χ3n) is 3.92. The Morgan fingerprint density at radius 3 is 2.86 bits per heavy atom. The minimum atomic E-state index is -0.705. The maximum atomic E-state index is 12.2. The van der Waals surface area contributed by atoms with Gasteiger partial charge in [0.15, 0.2) is 6.61 Å². The Morgan fingerprint density at radius 1 is 1.18 bits per heavy atom. The third-order valence-corrected chi connectivity index (χ3v) is 3.92. The molecule has 0 unspecified atom stereocenters. The second-order valence-corrected chi connectivity index (χ2v) is 6.01. The summed E-state index contributed by atoms with van der Waals surface area (Å²) in [6, 6.07) is 9.07. The van der Waals surface area contributed by atoms with Gasteiger partial charge in [-0.2, -0.15) is 9.97 Å². The van der Waals surface area contributed by atoms with Crippen molar-refractivity contribution >= 4 is 11.7 Å². The average Bonchev–Trinajstić information content (AvgIpc) is 3.33. The first kappa shape index (κ1) is 17.6. The van der Waals surface area contributed by atoms with Crippen molar-refractivity contribution < 1.29 is 18.8 Å². The fourth-order valence-corrected chi connectivity index (χ4v) is 2.64. The Labute approximate surface area is 159 Å². The highest BCUT2D eigenvalue weighted by molar-refractivity contribution is 5.85. The first-order chi connectivity index (χ1) is 13.5. The van der Waals surface area contributed by atoms with Crippen LogP contribution in [0.4, 0.5) is 0 Å². The Kier molecular flexibility index (Phi) is 4.44. The number of carbonyl (C=O) groups is 1. The van der Waals surface area contributed by atoms with Gasteiger partial charge in [0.1, 0.15) is 5.75 Å². The number of hydrogen-bond acceptors (Lipinski definition) is 9. The second kappa shape index (κ2) is 7.06.